The topological polar surface area (TPSA) is 52.9 Å². The van der Waals surface area contributed by atoms with Crippen LogP contribution in [0.3, 0.4) is 0 Å². The lowest BCUT2D eigenvalue weighted by Crippen LogP contribution is -2.38. The Balaban J connectivity index is 2.56. The summed E-state index contributed by atoms with van der Waals surface area (Å²) in [6, 6.07) is 7.33. The van der Waals surface area contributed by atoms with Crippen LogP contribution in [0.2, 0.25) is 10.0 Å². The highest BCUT2D eigenvalue weighted by molar-refractivity contribution is 6.35. The zero-order valence-electron chi connectivity index (χ0n) is 11.8. The predicted octanol–water partition coefficient (Wildman–Crippen LogP) is 3.84. The fourth-order valence-electron chi connectivity index (χ4n) is 1.79. The zero-order valence-corrected chi connectivity index (χ0v) is 13.3. The van der Waals surface area contributed by atoms with Gasteiger partial charge < -0.3 is 5.32 Å². The molecule has 1 N–H and O–H groups in total. The summed E-state index contributed by atoms with van der Waals surface area (Å²) in [5, 5.41) is 13.0. The maximum Gasteiger partial charge on any atom is 0.237 e. The van der Waals surface area contributed by atoms with E-state index in [1.807, 2.05) is 26.8 Å². The van der Waals surface area contributed by atoms with E-state index in [-0.39, 0.29) is 11.3 Å². The van der Waals surface area contributed by atoms with E-state index in [1.165, 1.54) is 0 Å². The van der Waals surface area contributed by atoms with Crippen LogP contribution in [0.25, 0.3) is 0 Å². The first-order valence-electron chi connectivity index (χ1n) is 6.37. The Morgan fingerprint density at radius 2 is 2.05 bits per heavy atom. The van der Waals surface area contributed by atoms with Gasteiger partial charge in [-0.15, -0.1) is 0 Å². The summed E-state index contributed by atoms with van der Waals surface area (Å²) >= 11 is 11.9. The molecule has 0 bridgehead atoms. The molecule has 0 aliphatic carbocycles. The molecule has 0 aromatic heterocycles. The van der Waals surface area contributed by atoms with Gasteiger partial charge in [0.25, 0.3) is 0 Å². The van der Waals surface area contributed by atoms with Crippen molar-refractivity contribution < 1.29 is 4.79 Å². The number of nitriles is 1. The number of hydrogen-bond donors (Lipinski definition) is 1. The molecule has 1 rings (SSSR count). The maximum absolute atomic E-state index is 12.0. The molecule has 0 fully saturated rings. The van der Waals surface area contributed by atoms with Gasteiger partial charge in [-0.05, 0) is 29.5 Å². The molecule has 1 atom stereocenters. The number of halogens is 2. The lowest BCUT2D eigenvalue weighted by Gasteiger charge is -2.23. The number of benzene rings is 1. The van der Waals surface area contributed by atoms with E-state index in [0.717, 1.165) is 5.56 Å². The molecule has 0 saturated heterocycles. The van der Waals surface area contributed by atoms with Crippen LogP contribution >= 0.6 is 23.2 Å². The van der Waals surface area contributed by atoms with Crippen LogP contribution in [0.1, 0.15) is 26.3 Å². The second-order valence-electron chi connectivity index (χ2n) is 5.70. The molecule has 108 valence electrons. The quantitative estimate of drug-likeness (QED) is 0.918. The largest absolute Gasteiger partial charge is 0.355 e. The van der Waals surface area contributed by atoms with Crippen LogP contribution in [-0.4, -0.2) is 12.5 Å². The number of hydrogen-bond acceptors (Lipinski definition) is 2. The monoisotopic (exact) mass is 312 g/mol. The minimum absolute atomic E-state index is 0.245. The second-order valence-corrected chi connectivity index (χ2v) is 6.55. The van der Waals surface area contributed by atoms with Gasteiger partial charge in [0.1, 0.15) is 5.92 Å². The van der Waals surface area contributed by atoms with Crippen LogP contribution in [0, 0.1) is 22.7 Å². The summed E-state index contributed by atoms with van der Waals surface area (Å²) in [4.78, 5) is 12.0. The van der Waals surface area contributed by atoms with E-state index in [4.69, 9.17) is 28.5 Å². The SMILES string of the molecule is CC(C)(C)C(C#N)C(=O)NCCc1ccc(Cl)cc1Cl. The molecule has 0 saturated carbocycles. The van der Waals surface area contributed by atoms with Crippen LogP contribution in [0.15, 0.2) is 18.2 Å². The third-order valence-electron chi connectivity index (χ3n) is 2.97. The summed E-state index contributed by atoms with van der Waals surface area (Å²) in [6.07, 6.45) is 0.601. The second kappa shape index (κ2) is 6.97. The molecule has 0 aliphatic heterocycles. The normalized spacial score (nSPS) is 12.6. The maximum atomic E-state index is 12.0. The fourth-order valence-corrected chi connectivity index (χ4v) is 2.30. The Bertz CT molecular complexity index is 530. The van der Waals surface area contributed by atoms with Gasteiger partial charge in [0.15, 0.2) is 0 Å². The standard InChI is InChI=1S/C15H18Cl2N2O/c1-15(2,3)12(9-18)14(20)19-7-6-10-4-5-11(16)8-13(10)17/h4-5,8,12H,6-7H2,1-3H3,(H,19,20). The number of nitrogens with one attached hydrogen (secondary N) is 1. The van der Waals surface area contributed by atoms with Gasteiger partial charge in [-0.25, -0.2) is 0 Å². The van der Waals surface area contributed by atoms with E-state index in [9.17, 15) is 4.79 Å². The molecule has 3 nitrogen and oxygen atoms in total. The minimum atomic E-state index is -0.664. The van der Waals surface area contributed by atoms with Crippen LogP contribution in [0.5, 0.6) is 0 Å². The lowest BCUT2D eigenvalue weighted by molar-refractivity contribution is -0.125. The van der Waals surface area contributed by atoms with E-state index in [1.54, 1.807) is 12.1 Å². The fraction of sp³-hybridized carbons (Fsp3) is 0.467. The number of carbonyl (C=O) groups is 1. The highest BCUT2D eigenvalue weighted by atomic mass is 35.5. The van der Waals surface area contributed by atoms with Crippen molar-refractivity contribution in [3.63, 3.8) is 0 Å². The summed E-state index contributed by atoms with van der Waals surface area (Å²) in [5.74, 6) is -0.909. The van der Waals surface area contributed by atoms with Gasteiger partial charge in [-0.2, -0.15) is 5.26 Å². The molecular weight excluding hydrogens is 295 g/mol. The van der Waals surface area contributed by atoms with E-state index < -0.39 is 5.92 Å². The first-order chi connectivity index (χ1) is 9.25. The van der Waals surface area contributed by atoms with Crippen molar-refractivity contribution in [3.8, 4) is 6.07 Å². The Hall–Kier alpha value is -1.24. The van der Waals surface area contributed by atoms with Crippen LogP contribution < -0.4 is 5.32 Å². The molecule has 20 heavy (non-hydrogen) atoms. The van der Waals surface area contributed by atoms with Gasteiger partial charge >= 0.3 is 0 Å². The molecular formula is C15H18Cl2N2O. The predicted molar refractivity (Wildman–Crippen MR) is 81.7 cm³/mol. The van der Waals surface area contributed by atoms with Gasteiger partial charge in [0.2, 0.25) is 5.91 Å². The molecule has 5 heteroatoms. The van der Waals surface area contributed by atoms with Crippen molar-refractivity contribution in [2.75, 3.05) is 6.54 Å². The molecule has 0 radical (unpaired) electrons. The smallest absolute Gasteiger partial charge is 0.237 e. The van der Waals surface area contributed by atoms with Crippen molar-refractivity contribution in [3.05, 3.63) is 33.8 Å². The van der Waals surface area contributed by atoms with Gasteiger partial charge in [-0.1, -0.05) is 50.0 Å². The van der Waals surface area contributed by atoms with Crippen molar-refractivity contribution in [1.29, 1.82) is 5.26 Å². The van der Waals surface area contributed by atoms with Crippen molar-refractivity contribution in [2.24, 2.45) is 11.3 Å². The first-order valence-corrected chi connectivity index (χ1v) is 7.12. The Morgan fingerprint density at radius 1 is 1.40 bits per heavy atom. The molecule has 1 amide bonds. The van der Waals surface area contributed by atoms with E-state index >= 15 is 0 Å². The minimum Gasteiger partial charge on any atom is -0.355 e. The number of amides is 1. The lowest BCUT2D eigenvalue weighted by atomic mass is 9.81. The molecule has 1 aromatic rings. The van der Waals surface area contributed by atoms with Crippen molar-refractivity contribution in [2.45, 2.75) is 27.2 Å². The molecule has 0 heterocycles. The van der Waals surface area contributed by atoms with Crippen LogP contribution in [-0.2, 0) is 11.2 Å². The Labute approximate surface area is 129 Å². The summed E-state index contributed by atoms with van der Waals surface area (Å²) in [6.45, 7) is 6.05. The molecule has 1 aromatic carbocycles. The van der Waals surface area contributed by atoms with Gasteiger partial charge in [0.05, 0.1) is 6.07 Å². The Kier molecular flexibility index (Phi) is 5.86. The highest BCUT2D eigenvalue weighted by Crippen LogP contribution is 2.25. The van der Waals surface area contributed by atoms with Crippen molar-refractivity contribution in [1.82, 2.24) is 5.32 Å². The number of nitrogens with zero attached hydrogens (tertiary/aromatic N) is 1. The van der Waals surface area contributed by atoms with Crippen molar-refractivity contribution >= 4 is 29.1 Å². The number of carbonyl (C=O) groups excluding carboxylic acids is 1. The van der Waals surface area contributed by atoms with E-state index in [2.05, 4.69) is 11.4 Å². The van der Waals surface area contributed by atoms with Gasteiger partial charge in [0, 0.05) is 16.6 Å². The zero-order chi connectivity index (χ0) is 15.3. The average molecular weight is 313 g/mol. The average Bonchev–Trinajstić information content (AvgIpc) is 2.31. The molecule has 0 spiro atoms. The first kappa shape index (κ1) is 16.8. The summed E-state index contributed by atoms with van der Waals surface area (Å²) < 4.78 is 0. The Morgan fingerprint density at radius 3 is 2.55 bits per heavy atom. The summed E-state index contributed by atoms with van der Waals surface area (Å²) in [7, 11) is 0. The molecule has 0 aliphatic rings. The van der Waals surface area contributed by atoms with Gasteiger partial charge in [-0.3, -0.25) is 4.79 Å². The number of rotatable bonds is 4. The third-order valence-corrected chi connectivity index (χ3v) is 3.55. The van der Waals surface area contributed by atoms with Crippen LogP contribution in [0.4, 0.5) is 0 Å². The van der Waals surface area contributed by atoms with E-state index in [0.29, 0.717) is 23.0 Å². The third kappa shape index (κ3) is 4.70. The molecule has 1 unspecified atom stereocenters. The highest BCUT2D eigenvalue weighted by Gasteiger charge is 2.30. The summed E-state index contributed by atoms with van der Waals surface area (Å²) in [5.41, 5.74) is 0.539.